The Labute approximate surface area is 170 Å². The zero-order chi connectivity index (χ0) is 21.5. The molecule has 0 bridgehead atoms. The Morgan fingerprint density at radius 2 is 1.73 bits per heavy atom. The van der Waals surface area contributed by atoms with Gasteiger partial charge in [-0.05, 0) is 55.0 Å². The van der Waals surface area contributed by atoms with Crippen molar-refractivity contribution < 1.29 is 21.6 Å². The number of imidazole rings is 1. The lowest BCUT2D eigenvalue weighted by molar-refractivity contribution is -0.137. The standard InChI is InChI=1S/C21H16F3N3O2S/c1-14-4-3-11-27-13-19(25-20(14)27)15-5-2-6-17(12-15)26-30(28,29)18-9-7-16(8-10-18)21(22,23)24/h2-13,26H,1H3. The smallest absolute Gasteiger partial charge is 0.306 e. The van der Waals surface area contributed by atoms with Crippen molar-refractivity contribution in [3.05, 3.63) is 84.2 Å². The van der Waals surface area contributed by atoms with Crippen LogP contribution >= 0.6 is 0 Å². The Morgan fingerprint density at radius 1 is 1.00 bits per heavy atom. The third-order valence-electron chi connectivity index (χ3n) is 4.58. The molecule has 0 aliphatic heterocycles. The molecule has 2 heterocycles. The Morgan fingerprint density at radius 3 is 2.40 bits per heavy atom. The monoisotopic (exact) mass is 431 g/mol. The third-order valence-corrected chi connectivity index (χ3v) is 5.98. The van der Waals surface area contributed by atoms with Crippen molar-refractivity contribution in [3.63, 3.8) is 0 Å². The van der Waals surface area contributed by atoms with Gasteiger partial charge in [0.05, 0.1) is 16.2 Å². The lowest BCUT2D eigenvalue weighted by atomic mass is 10.1. The van der Waals surface area contributed by atoms with Gasteiger partial charge in [-0.3, -0.25) is 4.72 Å². The number of halogens is 3. The number of rotatable bonds is 4. The van der Waals surface area contributed by atoms with Gasteiger partial charge in [0, 0.05) is 23.6 Å². The number of benzene rings is 2. The van der Waals surface area contributed by atoms with Crippen LogP contribution in [-0.2, 0) is 16.2 Å². The van der Waals surface area contributed by atoms with E-state index in [0.717, 1.165) is 35.5 Å². The maximum absolute atomic E-state index is 12.7. The van der Waals surface area contributed by atoms with E-state index in [4.69, 9.17) is 0 Å². The topological polar surface area (TPSA) is 63.5 Å². The van der Waals surface area contributed by atoms with E-state index in [1.807, 2.05) is 35.9 Å². The molecule has 9 heteroatoms. The fraction of sp³-hybridized carbons (Fsp3) is 0.0952. The summed E-state index contributed by atoms with van der Waals surface area (Å²) < 4.78 is 67.5. The molecule has 0 saturated carbocycles. The van der Waals surface area contributed by atoms with E-state index >= 15 is 0 Å². The first-order valence-electron chi connectivity index (χ1n) is 8.88. The summed E-state index contributed by atoms with van der Waals surface area (Å²) in [5.74, 6) is 0. The molecule has 0 aliphatic rings. The van der Waals surface area contributed by atoms with E-state index in [2.05, 4.69) is 9.71 Å². The van der Waals surface area contributed by atoms with Crippen molar-refractivity contribution in [2.24, 2.45) is 0 Å². The van der Waals surface area contributed by atoms with Crippen molar-refractivity contribution in [1.29, 1.82) is 0 Å². The number of sulfonamides is 1. The van der Waals surface area contributed by atoms with Gasteiger partial charge in [-0.1, -0.05) is 18.2 Å². The molecular formula is C21H16F3N3O2S. The van der Waals surface area contributed by atoms with Gasteiger partial charge < -0.3 is 4.40 Å². The van der Waals surface area contributed by atoms with Gasteiger partial charge in [-0.2, -0.15) is 13.2 Å². The summed E-state index contributed by atoms with van der Waals surface area (Å²) in [6, 6.07) is 13.9. The molecule has 0 amide bonds. The van der Waals surface area contributed by atoms with Crippen molar-refractivity contribution in [2.45, 2.75) is 18.0 Å². The molecule has 0 atom stereocenters. The van der Waals surface area contributed by atoms with Gasteiger partial charge in [0.15, 0.2) is 0 Å². The van der Waals surface area contributed by atoms with E-state index in [0.29, 0.717) is 11.3 Å². The molecule has 1 N–H and O–H groups in total. The Balaban J connectivity index is 1.63. The normalized spacial score (nSPS) is 12.3. The maximum Gasteiger partial charge on any atom is 0.416 e. The number of fused-ring (bicyclic) bond motifs is 1. The number of hydrogen-bond acceptors (Lipinski definition) is 3. The van der Waals surface area contributed by atoms with Crippen molar-refractivity contribution >= 4 is 21.4 Å². The second kappa shape index (κ2) is 7.17. The minimum Gasteiger partial charge on any atom is -0.306 e. The molecule has 0 spiro atoms. The first-order valence-corrected chi connectivity index (χ1v) is 10.4. The Hall–Kier alpha value is -3.33. The number of aromatic nitrogens is 2. The minimum absolute atomic E-state index is 0.260. The number of nitrogens with zero attached hydrogens (tertiary/aromatic N) is 2. The molecule has 0 unspecified atom stereocenters. The second-order valence-corrected chi connectivity index (χ2v) is 8.44. The van der Waals surface area contributed by atoms with Gasteiger partial charge in [0.1, 0.15) is 5.65 Å². The van der Waals surface area contributed by atoms with Crippen LogP contribution in [0.4, 0.5) is 18.9 Å². The predicted octanol–water partition coefficient (Wildman–Crippen LogP) is 5.13. The molecule has 0 radical (unpaired) electrons. The van der Waals surface area contributed by atoms with Gasteiger partial charge in [0.2, 0.25) is 0 Å². The molecule has 5 nitrogen and oxygen atoms in total. The molecule has 4 rings (SSSR count). The van der Waals surface area contributed by atoms with Gasteiger partial charge in [-0.15, -0.1) is 0 Å². The van der Waals surface area contributed by atoms with Crippen LogP contribution in [-0.4, -0.2) is 17.8 Å². The highest BCUT2D eigenvalue weighted by Crippen LogP contribution is 2.30. The van der Waals surface area contributed by atoms with Crippen molar-refractivity contribution in [2.75, 3.05) is 4.72 Å². The summed E-state index contributed by atoms with van der Waals surface area (Å²) in [4.78, 5) is 4.33. The van der Waals surface area contributed by atoms with E-state index in [-0.39, 0.29) is 10.6 Å². The number of anilines is 1. The summed E-state index contributed by atoms with van der Waals surface area (Å²) in [6.45, 7) is 1.95. The first kappa shape index (κ1) is 20.0. The molecule has 0 aliphatic carbocycles. The fourth-order valence-corrected chi connectivity index (χ4v) is 4.12. The van der Waals surface area contributed by atoms with Gasteiger partial charge >= 0.3 is 6.18 Å². The van der Waals surface area contributed by atoms with Crippen LogP contribution in [0.1, 0.15) is 11.1 Å². The lowest BCUT2D eigenvalue weighted by Gasteiger charge is -2.11. The summed E-state index contributed by atoms with van der Waals surface area (Å²) >= 11 is 0. The van der Waals surface area contributed by atoms with E-state index in [1.54, 1.807) is 24.3 Å². The summed E-state index contributed by atoms with van der Waals surface area (Å²) in [6.07, 6.45) is -0.821. The first-order chi connectivity index (χ1) is 14.1. The van der Waals surface area contributed by atoms with Crippen molar-refractivity contribution in [3.8, 4) is 11.3 Å². The predicted molar refractivity (Wildman–Crippen MR) is 108 cm³/mol. The second-order valence-electron chi connectivity index (χ2n) is 6.76. The highest BCUT2D eigenvalue weighted by Gasteiger charge is 2.30. The summed E-state index contributed by atoms with van der Waals surface area (Å²) in [5.41, 5.74) is 2.53. The zero-order valence-electron chi connectivity index (χ0n) is 15.7. The Bertz CT molecular complexity index is 1330. The van der Waals surface area contributed by atoms with Crippen LogP contribution in [0.3, 0.4) is 0 Å². The van der Waals surface area contributed by atoms with E-state index < -0.39 is 21.8 Å². The largest absolute Gasteiger partial charge is 0.416 e. The molecule has 0 fully saturated rings. The average Bonchev–Trinajstić information content (AvgIpc) is 3.13. The lowest BCUT2D eigenvalue weighted by Crippen LogP contribution is -2.13. The molecule has 30 heavy (non-hydrogen) atoms. The van der Waals surface area contributed by atoms with E-state index in [1.165, 1.54) is 0 Å². The van der Waals surface area contributed by atoms with Crippen LogP contribution < -0.4 is 4.72 Å². The molecule has 154 valence electrons. The number of aryl methyl sites for hydroxylation is 1. The molecule has 2 aromatic heterocycles. The fourth-order valence-electron chi connectivity index (χ4n) is 3.07. The molecular weight excluding hydrogens is 415 g/mol. The minimum atomic E-state index is -4.53. The summed E-state index contributed by atoms with van der Waals surface area (Å²) in [5, 5.41) is 0. The van der Waals surface area contributed by atoms with Crippen LogP contribution in [0.2, 0.25) is 0 Å². The Kier molecular flexibility index (Phi) is 4.77. The number of hydrogen-bond donors (Lipinski definition) is 1. The van der Waals surface area contributed by atoms with E-state index in [9.17, 15) is 21.6 Å². The highest BCUT2D eigenvalue weighted by molar-refractivity contribution is 7.92. The van der Waals surface area contributed by atoms with Crippen molar-refractivity contribution in [1.82, 2.24) is 9.38 Å². The number of pyridine rings is 1. The van der Waals surface area contributed by atoms with Gasteiger partial charge in [-0.25, -0.2) is 13.4 Å². The van der Waals surface area contributed by atoms with Crippen LogP contribution in [0.25, 0.3) is 16.9 Å². The summed E-state index contributed by atoms with van der Waals surface area (Å²) in [7, 11) is -4.05. The average molecular weight is 431 g/mol. The number of nitrogens with one attached hydrogen (secondary N) is 1. The SMILES string of the molecule is Cc1cccn2cc(-c3cccc(NS(=O)(=O)c4ccc(C(F)(F)F)cc4)c3)nc12. The van der Waals surface area contributed by atoms with Crippen LogP contribution in [0.5, 0.6) is 0 Å². The number of alkyl halides is 3. The highest BCUT2D eigenvalue weighted by atomic mass is 32.2. The molecule has 2 aromatic carbocycles. The molecule has 0 saturated heterocycles. The zero-order valence-corrected chi connectivity index (χ0v) is 16.5. The quantitative estimate of drug-likeness (QED) is 0.487. The van der Waals surface area contributed by atoms with Crippen LogP contribution in [0, 0.1) is 6.92 Å². The maximum atomic E-state index is 12.7. The van der Waals surface area contributed by atoms with Gasteiger partial charge in [0.25, 0.3) is 10.0 Å². The van der Waals surface area contributed by atoms with Crippen LogP contribution in [0.15, 0.2) is 78.0 Å². The third kappa shape index (κ3) is 3.88. The molecule has 4 aromatic rings.